The highest BCUT2D eigenvalue weighted by Gasteiger charge is 2.08. The van der Waals surface area contributed by atoms with Gasteiger partial charge >= 0.3 is 0 Å². The summed E-state index contributed by atoms with van der Waals surface area (Å²) < 4.78 is 0. The van der Waals surface area contributed by atoms with Crippen LogP contribution in [0.3, 0.4) is 0 Å². The Morgan fingerprint density at radius 3 is 2.90 bits per heavy atom. The lowest BCUT2D eigenvalue weighted by Gasteiger charge is -2.15. The average Bonchev–Trinajstić information content (AvgIpc) is 2.87. The Morgan fingerprint density at radius 2 is 2.19 bits per heavy atom. The van der Waals surface area contributed by atoms with Crippen molar-refractivity contribution in [3.63, 3.8) is 0 Å². The van der Waals surface area contributed by atoms with Crippen molar-refractivity contribution in [3.05, 3.63) is 45.9 Å². The number of halogens is 1. The lowest BCUT2D eigenvalue weighted by molar-refractivity contribution is 0.554. The van der Waals surface area contributed by atoms with Gasteiger partial charge in [-0.3, -0.25) is 0 Å². The second-order valence-electron chi connectivity index (χ2n) is 5.62. The Bertz CT molecular complexity index is 568. The van der Waals surface area contributed by atoms with E-state index in [9.17, 15) is 0 Å². The minimum Gasteiger partial charge on any atom is -0.347 e. The number of anilines is 1. The molecule has 0 aliphatic carbocycles. The molecule has 3 nitrogen and oxygen atoms in total. The molecule has 5 heteroatoms. The third kappa shape index (κ3) is 5.30. The average molecular weight is 324 g/mol. The second-order valence-corrected chi connectivity index (χ2v) is 7.15. The van der Waals surface area contributed by atoms with Gasteiger partial charge in [-0.1, -0.05) is 37.6 Å². The SMILES string of the molecule is CC(C)CNCc1cnc(N(C)Cc2cccc(Cl)c2)s1. The zero-order chi connectivity index (χ0) is 15.2. The van der Waals surface area contributed by atoms with Gasteiger partial charge in [0.1, 0.15) is 0 Å². The first-order chi connectivity index (χ1) is 10.0. The van der Waals surface area contributed by atoms with Crippen molar-refractivity contribution < 1.29 is 0 Å². The van der Waals surface area contributed by atoms with Crippen molar-refractivity contribution in [2.24, 2.45) is 5.92 Å². The van der Waals surface area contributed by atoms with Crippen LogP contribution in [0.15, 0.2) is 30.5 Å². The van der Waals surface area contributed by atoms with Crippen molar-refractivity contribution in [1.29, 1.82) is 0 Å². The van der Waals surface area contributed by atoms with Crippen molar-refractivity contribution in [2.45, 2.75) is 26.9 Å². The van der Waals surface area contributed by atoms with E-state index in [0.29, 0.717) is 5.92 Å². The molecule has 1 aromatic heterocycles. The highest BCUT2D eigenvalue weighted by molar-refractivity contribution is 7.15. The van der Waals surface area contributed by atoms with Crippen LogP contribution in [0, 0.1) is 5.92 Å². The van der Waals surface area contributed by atoms with E-state index in [4.69, 9.17) is 11.6 Å². The first kappa shape index (κ1) is 16.3. The van der Waals surface area contributed by atoms with Gasteiger partial charge in [0.25, 0.3) is 0 Å². The summed E-state index contributed by atoms with van der Waals surface area (Å²) in [7, 11) is 2.06. The maximum Gasteiger partial charge on any atom is 0.185 e. The monoisotopic (exact) mass is 323 g/mol. The van der Waals surface area contributed by atoms with Crippen LogP contribution in [-0.2, 0) is 13.1 Å². The number of thiazole rings is 1. The smallest absolute Gasteiger partial charge is 0.185 e. The fourth-order valence-corrected chi connectivity index (χ4v) is 3.07. The Labute approximate surface area is 136 Å². The Balaban J connectivity index is 1.91. The molecule has 1 heterocycles. The molecule has 1 aromatic carbocycles. The van der Waals surface area contributed by atoms with E-state index in [1.807, 2.05) is 24.4 Å². The number of aromatic nitrogens is 1. The number of rotatable bonds is 7. The molecule has 0 bridgehead atoms. The number of hydrogen-bond donors (Lipinski definition) is 1. The van der Waals surface area contributed by atoms with Gasteiger partial charge in [0.2, 0.25) is 0 Å². The molecule has 0 amide bonds. The number of nitrogens with zero attached hydrogens (tertiary/aromatic N) is 2. The number of nitrogens with one attached hydrogen (secondary N) is 1. The van der Waals surface area contributed by atoms with Crippen LogP contribution in [0.4, 0.5) is 5.13 Å². The summed E-state index contributed by atoms with van der Waals surface area (Å²) >= 11 is 7.76. The molecule has 0 saturated heterocycles. The molecule has 0 atom stereocenters. The van der Waals surface area contributed by atoms with E-state index in [1.54, 1.807) is 11.3 Å². The largest absolute Gasteiger partial charge is 0.347 e. The molecule has 0 fully saturated rings. The minimum atomic E-state index is 0.669. The lowest BCUT2D eigenvalue weighted by Crippen LogP contribution is -2.18. The van der Waals surface area contributed by atoms with Gasteiger partial charge < -0.3 is 10.2 Å². The molecular formula is C16H22ClN3S. The molecule has 0 spiro atoms. The summed E-state index contributed by atoms with van der Waals surface area (Å²) in [4.78, 5) is 7.93. The fourth-order valence-electron chi connectivity index (χ4n) is 2.02. The topological polar surface area (TPSA) is 28.2 Å². The van der Waals surface area contributed by atoms with E-state index in [-0.39, 0.29) is 0 Å². The predicted octanol–water partition coefficient (Wildman–Crippen LogP) is 4.18. The molecule has 2 aromatic rings. The molecule has 2 rings (SSSR count). The van der Waals surface area contributed by atoms with Gasteiger partial charge in [0, 0.05) is 36.2 Å². The summed E-state index contributed by atoms with van der Waals surface area (Å²) in [6, 6.07) is 7.96. The van der Waals surface area contributed by atoms with E-state index < -0.39 is 0 Å². The van der Waals surface area contributed by atoms with Gasteiger partial charge in [-0.05, 0) is 30.2 Å². The highest BCUT2D eigenvalue weighted by Crippen LogP contribution is 2.23. The first-order valence-electron chi connectivity index (χ1n) is 7.15. The maximum atomic E-state index is 6.02. The van der Waals surface area contributed by atoms with Crippen LogP contribution in [0.2, 0.25) is 5.02 Å². The van der Waals surface area contributed by atoms with Crippen molar-refractivity contribution in [2.75, 3.05) is 18.5 Å². The van der Waals surface area contributed by atoms with Crippen LogP contribution in [0.25, 0.3) is 0 Å². The normalized spacial score (nSPS) is 11.1. The van der Waals surface area contributed by atoms with E-state index in [0.717, 1.165) is 29.8 Å². The maximum absolute atomic E-state index is 6.02. The minimum absolute atomic E-state index is 0.669. The van der Waals surface area contributed by atoms with Crippen LogP contribution in [0.5, 0.6) is 0 Å². The van der Waals surface area contributed by atoms with E-state index in [2.05, 4.69) is 42.2 Å². The van der Waals surface area contributed by atoms with Crippen molar-refractivity contribution >= 4 is 28.1 Å². The summed E-state index contributed by atoms with van der Waals surface area (Å²) in [5.41, 5.74) is 1.19. The van der Waals surface area contributed by atoms with Gasteiger partial charge in [-0.15, -0.1) is 11.3 Å². The fraction of sp³-hybridized carbons (Fsp3) is 0.438. The third-order valence-corrected chi connectivity index (χ3v) is 4.38. The molecular weight excluding hydrogens is 302 g/mol. The standard InChI is InChI=1S/C16H22ClN3S/c1-12(2)8-18-9-15-10-19-16(21-15)20(3)11-13-5-4-6-14(17)7-13/h4-7,10,12,18H,8-9,11H2,1-3H3. The Kier molecular flexibility index (Phi) is 6.03. The molecule has 1 N–H and O–H groups in total. The Morgan fingerprint density at radius 1 is 1.38 bits per heavy atom. The molecule has 114 valence electrons. The van der Waals surface area contributed by atoms with Gasteiger partial charge in [0.15, 0.2) is 5.13 Å². The summed E-state index contributed by atoms with van der Waals surface area (Å²) in [6.45, 7) is 7.16. The van der Waals surface area contributed by atoms with Crippen LogP contribution >= 0.6 is 22.9 Å². The van der Waals surface area contributed by atoms with Gasteiger partial charge in [0.05, 0.1) is 0 Å². The van der Waals surface area contributed by atoms with E-state index in [1.165, 1.54) is 10.4 Å². The Hall–Kier alpha value is -1.10. The first-order valence-corrected chi connectivity index (χ1v) is 8.35. The molecule has 21 heavy (non-hydrogen) atoms. The molecule has 0 saturated carbocycles. The molecule has 0 radical (unpaired) electrons. The van der Waals surface area contributed by atoms with Gasteiger partial charge in [-0.25, -0.2) is 4.98 Å². The highest BCUT2D eigenvalue weighted by atomic mass is 35.5. The number of benzene rings is 1. The van der Waals surface area contributed by atoms with Crippen LogP contribution in [0.1, 0.15) is 24.3 Å². The summed E-state index contributed by atoms with van der Waals surface area (Å²) in [5, 5.41) is 5.26. The zero-order valence-corrected chi connectivity index (χ0v) is 14.3. The summed E-state index contributed by atoms with van der Waals surface area (Å²) in [5.74, 6) is 0.669. The molecule has 0 aliphatic rings. The van der Waals surface area contributed by atoms with Gasteiger partial charge in [-0.2, -0.15) is 0 Å². The van der Waals surface area contributed by atoms with E-state index >= 15 is 0 Å². The lowest BCUT2D eigenvalue weighted by atomic mass is 10.2. The number of hydrogen-bond acceptors (Lipinski definition) is 4. The molecule has 0 aliphatic heterocycles. The summed E-state index contributed by atoms with van der Waals surface area (Å²) in [6.07, 6.45) is 1.96. The van der Waals surface area contributed by atoms with Crippen molar-refractivity contribution in [1.82, 2.24) is 10.3 Å². The van der Waals surface area contributed by atoms with Crippen LogP contribution in [-0.4, -0.2) is 18.6 Å². The molecule has 0 unspecified atom stereocenters. The van der Waals surface area contributed by atoms with Crippen molar-refractivity contribution in [3.8, 4) is 0 Å². The third-order valence-electron chi connectivity index (χ3n) is 3.03. The second kappa shape index (κ2) is 7.78. The quantitative estimate of drug-likeness (QED) is 0.828. The van der Waals surface area contributed by atoms with Crippen LogP contribution < -0.4 is 10.2 Å². The zero-order valence-electron chi connectivity index (χ0n) is 12.8. The predicted molar refractivity (Wildman–Crippen MR) is 92.2 cm³/mol.